The molecule has 0 N–H and O–H groups in total. The number of hydrogen-bond acceptors (Lipinski definition) is 4. The van der Waals surface area contributed by atoms with E-state index in [1.807, 2.05) is 60.7 Å². The summed E-state index contributed by atoms with van der Waals surface area (Å²) in [5, 5.41) is 0. The predicted octanol–water partition coefficient (Wildman–Crippen LogP) is 5.45. The molecule has 0 saturated heterocycles. The van der Waals surface area contributed by atoms with Crippen LogP contribution < -0.4 is 4.74 Å². The van der Waals surface area contributed by atoms with Gasteiger partial charge in [0.2, 0.25) is 0 Å². The van der Waals surface area contributed by atoms with Crippen molar-refractivity contribution in [3.05, 3.63) is 84.9 Å². The lowest BCUT2D eigenvalue weighted by Crippen LogP contribution is -2.02. The van der Waals surface area contributed by atoms with Gasteiger partial charge in [-0.2, -0.15) is 0 Å². The van der Waals surface area contributed by atoms with Crippen molar-refractivity contribution >= 4 is 15.8 Å². The van der Waals surface area contributed by atoms with E-state index in [2.05, 4.69) is 0 Å². The molecule has 0 unspecified atom stereocenters. The Hall–Kier alpha value is -3.44. The van der Waals surface area contributed by atoms with Gasteiger partial charge in [0.25, 0.3) is 0 Å². The van der Waals surface area contributed by atoms with Crippen LogP contribution in [0.1, 0.15) is 6.92 Å². The number of carbonyl (C=O) groups is 1. The molecule has 2 aromatic carbocycles. The predicted molar refractivity (Wildman–Crippen MR) is 118 cm³/mol. The number of carbonyl (C=O) groups excluding carboxylic acids is 1. The Kier molecular flexibility index (Phi) is 5.14. The standard InChI is InChI=1S/C25H20O4S/c1-17(26)29-25-22-12-8-4-7-11-21(22)23(18-9-5-3-6-10-18)24(25)19-13-15-20(16-14-19)30(2,27)28/h3-16H,1-2H3. The van der Waals surface area contributed by atoms with Crippen molar-refractivity contribution in [1.82, 2.24) is 0 Å². The minimum atomic E-state index is -3.31. The number of esters is 1. The first-order valence-corrected chi connectivity index (χ1v) is 11.3. The minimum absolute atomic E-state index is 0.240. The minimum Gasteiger partial charge on any atom is -0.425 e. The first-order valence-electron chi connectivity index (χ1n) is 9.45. The zero-order valence-corrected chi connectivity index (χ0v) is 17.4. The average molecular weight is 416 g/mol. The summed E-state index contributed by atoms with van der Waals surface area (Å²) < 4.78 is 29.5. The van der Waals surface area contributed by atoms with Gasteiger partial charge in [0, 0.05) is 29.9 Å². The van der Waals surface area contributed by atoms with E-state index < -0.39 is 15.8 Å². The van der Waals surface area contributed by atoms with Crippen LogP contribution in [0.4, 0.5) is 0 Å². The van der Waals surface area contributed by atoms with Gasteiger partial charge in [0.05, 0.1) is 4.90 Å². The van der Waals surface area contributed by atoms with Crippen molar-refractivity contribution in [1.29, 1.82) is 0 Å². The molecule has 0 radical (unpaired) electrons. The topological polar surface area (TPSA) is 60.4 Å². The fourth-order valence-corrected chi connectivity index (χ4v) is 4.28. The summed E-state index contributed by atoms with van der Waals surface area (Å²) in [4.78, 5) is 12.2. The summed E-state index contributed by atoms with van der Waals surface area (Å²) in [5.41, 5.74) is 5.22. The number of sulfone groups is 1. The highest BCUT2D eigenvalue weighted by Gasteiger charge is 2.27. The summed E-state index contributed by atoms with van der Waals surface area (Å²) >= 11 is 0. The molecule has 0 saturated carbocycles. The van der Waals surface area contributed by atoms with Crippen LogP contribution in [-0.4, -0.2) is 20.6 Å². The fraction of sp³-hybridized carbons (Fsp3) is 0.0800. The van der Waals surface area contributed by atoms with Gasteiger partial charge in [-0.15, -0.1) is 0 Å². The molecular weight excluding hydrogens is 396 g/mol. The van der Waals surface area contributed by atoms with Crippen LogP contribution in [0.25, 0.3) is 33.4 Å². The lowest BCUT2D eigenvalue weighted by molar-refractivity contribution is -0.131. The Morgan fingerprint density at radius 2 is 1.23 bits per heavy atom. The van der Waals surface area contributed by atoms with Crippen molar-refractivity contribution in [3.8, 4) is 39.1 Å². The van der Waals surface area contributed by atoms with E-state index >= 15 is 0 Å². The number of benzene rings is 2. The summed E-state index contributed by atoms with van der Waals surface area (Å²) in [6.45, 7) is 1.38. The summed E-state index contributed by atoms with van der Waals surface area (Å²) in [6, 6.07) is 26.2. The molecule has 30 heavy (non-hydrogen) atoms. The molecule has 4 nitrogen and oxygen atoms in total. The first-order chi connectivity index (χ1) is 14.4. The fourth-order valence-electron chi connectivity index (χ4n) is 3.64. The largest absolute Gasteiger partial charge is 0.425 e. The van der Waals surface area contributed by atoms with E-state index in [-0.39, 0.29) is 4.90 Å². The molecule has 0 aromatic heterocycles. The van der Waals surface area contributed by atoms with E-state index in [4.69, 9.17) is 4.74 Å². The van der Waals surface area contributed by atoms with Crippen LogP contribution in [0.5, 0.6) is 5.75 Å². The van der Waals surface area contributed by atoms with Crippen molar-refractivity contribution < 1.29 is 17.9 Å². The average Bonchev–Trinajstić information content (AvgIpc) is 2.85. The van der Waals surface area contributed by atoms with Crippen molar-refractivity contribution in [2.75, 3.05) is 6.26 Å². The van der Waals surface area contributed by atoms with Crippen LogP contribution in [0, 0.1) is 0 Å². The van der Waals surface area contributed by atoms with E-state index in [1.165, 1.54) is 13.2 Å². The Morgan fingerprint density at radius 1 is 0.700 bits per heavy atom. The molecule has 2 aromatic rings. The smallest absolute Gasteiger partial charge is 0.308 e. The molecule has 0 amide bonds. The molecule has 2 aliphatic rings. The van der Waals surface area contributed by atoms with Gasteiger partial charge < -0.3 is 4.74 Å². The normalized spacial score (nSPS) is 11.4. The number of rotatable bonds is 4. The molecule has 0 bridgehead atoms. The summed E-state index contributed by atoms with van der Waals surface area (Å²) in [7, 11) is -3.31. The zero-order valence-electron chi connectivity index (χ0n) is 16.6. The van der Waals surface area contributed by atoms with Gasteiger partial charge in [-0.25, -0.2) is 8.42 Å². The Labute approximate surface area is 176 Å². The molecule has 5 heteroatoms. The third-order valence-corrected chi connectivity index (χ3v) is 6.04. The van der Waals surface area contributed by atoms with Gasteiger partial charge in [0.1, 0.15) is 5.75 Å². The van der Waals surface area contributed by atoms with Crippen molar-refractivity contribution in [2.45, 2.75) is 11.8 Å². The molecule has 0 heterocycles. The van der Waals surface area contributed by atoms with Crippen LogP contribution in [-0.2, 0) is 14.6 Å². The molecule has 0 fully saturated rings. The zero-order chi connectivity index (χ0) is 21.3. The lowest BCUT2D eigenvalue weighted by atomic mass is 9.96. The third kappa shape index (κ3) is 3.72. The number of ether oxygens (including phenoxy) is 1. The molecule has 4 rings (SSSR count). The number of hydrogen-bond donors (Lipinski definition) is 0. The Bertz CT molecular complexity index is 1290. The molecule has 2 aliphatic carbocycles. The molecular formula is C25H20O4S. The maximum atomic E-state index is 11.9. The third-order valence-electron chi connectivity index (χ3n) is 4.91. The maximum Gasteiger partial charge on any atom is 0.308 e. The second-order valence-electron chi connectivity index (χ2n) is 7.07. The van der Waals surface area contributed by atoms with Gasteiger partial charge in [0.15, 0.2) is 9.84 Å². The second-order valence-corrected chi connectivity index (χ2v) is 9.09. The van der Waals surface area contributed by atoms with E-state index in [9.17, 15) is 13.2 Å². The van der Waals surface area contributed by atoms with Crippen molar-refractivity contribution in [2.24, 2.45) is 0 Å². The summed E-state index contributed by atoms with van der Waals surface area (Å²) in [5.74, 6) is 0.0571. The van der Waals surface area contributed by atoms with Crippen LogP contribution in [0.2, 0.25) is 0 Å². The lowest BCUT2D eigenvalue weighted by Gasteiger charge is -2.10. The molecule has 0 spiro atoms. The Morgan fingerprint density at radius 3 is 1.80 bits per heavy atom. The van der Waals surface area contributed by atoms with Crippen LogP contribution in [0.15, 0.2) is 89.8 Å². The molecule has 0 atom stereocenters. The SMILES string of the molecule is CC(=O)Oc1c2cccccc-2c(-c2ccccc2)c1-c1ccc(S(C)(=O)=O)cc1. The summed E-state index contributed by atoms with van der Waals surface area (Å²) in [6.07, 6.45) is 1.18. The Balaban J connectivity index is 2.08. The first kappa shape index (κ1) is 19.9. The maximum absolute atomic E-state index is 11.9. The monoisotopic (exact) mass is 416 g/mol. The number of fused-ring (bicyclic) bond motifs is 1. The van der Waals surface area contributed by atoms with Crippen LogP contribution >= 0.6 is 0 Å². The van der Waals surface area contributed by atoms with E-state index in [1.54, 1.807) is 24.3 Å². The van der Waals surface area contributed by atoms with Gasteiger partial charge in [-0.05, 0) is 28.8 Å². The highest BCUT2D eigenvalue weighted by Crippen LogP contribution is 2.52. The van der Waals surface area contributed by atoms with E-state index in [0.717, 1.165) is 33.4 Å². The second kappa shape index (κ2) is 7.76. The highest BCUT2D eigenvalue weighted by atomic mass is 32.2. The van der Waals surface area contributed by atoms with Gasteiger partial charge >= 0.3 is 5.97 Å². The highest BCUT2D eigenvalue weighted by molar-refractivity contribution is 7.90. The van der Waals surface area contributed by atoms with E-state index in [0.29, 0.717) is 5.75 Å². The van der Waals surface area contributed by atoms with Crippen molar-refractivity contribution in [3.63, 3.8) is 0 Å². The quantitative estimate of drug-likeness (QED) is 0.415. The molecule has 150 valence electrons. The van der Waals surface area contributed by atoms with Crippen LogP contribution in [0.3, 0.4) is 0 Å². The molecule has 0 aliphatic heterocycles. The van der Waals surface area contributed by atoms with Gasteiger partial charge in [-0.3, -0.25) is 4.79 Å². The van der Waals surface area contributed by atoms with Gasteiger partial charge in [-0.1, -0.05) is 72.8 Å².